The van der Waals surface area contributed by atoms with Gasteiger partial charge in [-0.15, -0.1) is 11.3 Å². The summed E-state index contributed by atoms with van der Waals surface area (Å²) < 4.78 is 9.15. The summed E-state index contributed by atoms with van der Waals surface area (Å²) in [7, 11) is 0. The summed E-state index contributed by atoms with van der Waals surface area (Å²) in [4.78, 5) is 15.5. The Hall–Kier alpha value is -7.21. The molecule has 262 valence electrons. The molecule has 0 fully saturated rings. The van der Waals surface area contributed by atoms with E-state index < -0.39 is 0 Å². The van der Waals surface area contributed by atoms with Crippen molar-refractivity contribution in [2.45, 2.75) is 0 Å². The van der Waals surface area contributed by atoms with Crippen molar-refractivity contribution in [1.29, 1.82) is 0 Å². The first-order valence-corrected chi connectivity index (χ1v) is 19.5. The van der Waals surface area contributed by atoms with Gasteiger partial charge in [-0.1, -0.05) is 170 Å². The molecule has 0 spiro atoms. The maximum absolute atomic E-state index is 6.64. The molecule has 8 aromatic carbocycles. The Kier molecular flexibility index (Phi) is 7.64. The van der Waals surface area contributed by atoms with Crippen LogP contribution in [0, 0.1) is 0 Å². The van der Waals surface area contributed by atoms with Crippen molar-refractivity contribution in [1.82, 2.24) is 15.0 Å². The molecule has 0 aliphatic rings. The third kappa shape index (κ3) is 5.48. The van der Waals surface area contributed by atoms with Crippen molar-refractivity contribution in [2.24, 2.45) is 0 Å². The Balaban J connectivity index is 1.15. The molecule has 56 heavy (non-hydrogen) atoms. The van der Waals surface area contributed by atoms with E-state index in [4.69, 9.17) is 19.4 Å². The minimum absolute atomic E-state index is 0.592. The fourth-order valence-electron chi connectivity index (χ4n) is 7.86. The van der Waals surface area contributed by atoms with Crippen LogP contribution in [0.4, 0.5) is 0 Å². The van der Waals surface area contributed by atoms with Crippen LogP contribution in [-0.2, 0) is 0 Å². The van der Waals surface area contributed by atoms with Gasteiger partial charge < -0.3 is 4.42 Å². The van der Waals surface area contributed by atoms with Crippen LogP contribution < -0.4 is 0 Å². The lowest BCUT2D eigenvalue weighted by Crippen LogP contribution is -2.00. The number of hydrogen-bond acceptors (Lipinski definition) is 5. The maximum Gasteiger partial charge on any atom is 0.164 e. The largest absolute Gasteiger partial charge is 0.456 e. The summed E-state index contributed by atoms with van der Waals surface area (Å²) in [5.41, 5.74) is 11.3. The zero-order valence-electron chi connectivity index (χ0n) is 30.1. The van der Waals surface area contributed by atoms with E-state index >= 15 is 0 Å². The van der Waals surface area contributed by atoms with Crippen molar-refractivity contribution >= 4 is 53.4 Å². The van der Waals surface area contributed by atoms with Crippen molar-refractivity contribution in [3.8, 4) is 67.5 Å². The number of thiophene rings is 1. The van der Waals surface area contributed by atoms with E-state index in [1.54, 1.807) is 0 Å². The number of aromatic nitrogens is 3. The molecule has 3 heterocycles. The molecular formula is C51H31N3OS. The number of rotatable bonds is 6. The number of fused-ring (bicyclic) bond motifs is 6. The predicted octanol–water partition coefficient (Wildman–Crippen LogP) is 14.1. The molecule has 0 amide bonds. The molecule has 5 heteroatoms. The van der Waals surface area contributed by atoms with Gasteiger partial charge in [-0.05, 0) is 51.6 Å². The summed E-state index contributed by atoms with van der Waals surface area (Å²) in [6.07, 6.45) is 0. The molecule has 4 nitrogen and oxygen atoms in total. The van der Waals surface area contributed by atoms with Crippen LogP contribution in [-0.4, -0.2) is 15.0 Å². The second-order valence-electron chi connectivity index (χ2n) is 13.9. The van der Waals surface area contributed by atoms with E-state index in [2.05, 4.69) is 140 Å². The summed E-state index contributed by atoms with van der Waals surface area (Å²) in [6, 6.07) is 65.5. The minimum Gasteiger partial charge on any atom is -0.456 e. The molecule has 0 unspecified atom stereocenters. The van der Waals surface area contributed by atoms with Gasteiger partial charge in [0.2, 0.25) is 0 Å². The lowest BCUT2D eigenvalue weighted by Gasteiger charge is -2.12. The second kappa shape index (κ2) is 13.3. The third-order valence-electron chi connectivity index (χ3n) is 10.6. The summed E-state index contributed by atoms with van der Waals surface area (Å²) >= 11 is 1.84. The Labute approximate surface area is 327 Å². The van der Waals surface area contributed by atoms with Gasteiger partial charge >= 0.3 is 0 Å². The molecule has 0 radical (unpaired) electrons. The maximum atomic E-state index is 6.64. The summed E-state index contributed by atoms with van der Waals surface area (Å²) in [5.74, 6) is 1.82. The van der Waals surface area contributed by atoms with E-state index in [0.717, 1.165) is 60.9 Å². The smallest absolute Gasteiger partial charge is 0.164 e. The molecule has 0 aliphatic carbocycles. The predicted molar refractivity (Wildman–Crippen MR) is 233 cm³/mol. The third-order valence-corrected chi connectivity index (χ3v) is 11.8. The van der Waals surface area contributed by atoms with E-state index in [1.165, 1.54) is 31.3 Å². The average Bonchev–Trinajstić information content (AvgIpc) is 3.86. The van der Waals surface area contributed by atoms with Crippen LogP contribution in [0.3, 0.4) is 0 Å². The Morgan fingerprint density at radius 1 is 0.321 bits per heavy atom. The topological polar surface area (TPSA) is 51.8 Å². The highest BCUT2D eigenvalue weighted by Crippen LogP contribution is 2.46. The van der Waals surface area contributed by atoms with E-state index in [-0.39, 0.29) is 0 Å². The Morgan fingerprint density at radius 2 is 0.804 bits per heavy atom. The average molecular weight is 734 g/mol. The van der Waals surface area contributed by atoms with Gasteiger partial charge in [0, 0.05) is 47.6 Å². The van der Waals surface area contributed by atoms with Crippen LogP contribution in [0.15, 0.2) is 192 Å². The van der Waals surface area contributed by atoms with E-state index in [1.807, 2.05) is 59.9 Å². The van der Waals surface area contributed by atoms with Crippen LogP contribution in [0.25, 0.3) is 110 Å². The van der Waals surface area contributed by atoms with Crippen LogP contribution in [0.5, 0.6) is 0 Å². The SMILES string of the molecule is c1ccc(-c2ccc(-c3nc(-c4ccccc4)nc(-c4cc(-c5cccc6c5sc5c(-c7ccccc7)cccc56)cc5oc6ccccc6c45)n3)cc2)cc1. The number of hydrogen-bond donors (Lipinski definition) is 0. The van der Waals surface area contributed by atoms with Crippen molar-refractivity contribution < 1.29 is 4.42 Å². The number of nitrogens with zero attached hydrogens (tertiary/aromatic N) is 3. The van der Waals surface area contributed by atoms with Crippen molar-refractivity contribution in [3.05, 3.63) is 188 Å². The molecule has 0 atom stereocenters. The first kappa shape index (κ1) is 32.2. The molecule has 0 saturated heterocycles. The molecular weight excluding hydrogens is 703 g/mol. The van der Waals surface area contributed by atoms with E-state index in [9.17, 15) is 0 Å². The highest BCUT2D eigenvalue weighted by atomic mass is 32.1. The molecule has 0 saturated carbocycles. The minimum atomic E-state index is 0.592. The van der Waals surface area contributed by atoms with Crippen molar-refractivity contribution in [3.63, 3.8) is 0 Å². The Bertz CT molecular complexity index is 3230. The van der Waals surface area contributed by atoms with E-state index in [0.29, 0.717) is 17.5 Å². The lowest BCUT2D eigenvalue weighted by molar-refractivity contribution is 0.669. The Morgan fingerprint density at radius 3 is 1.46 bits per heavy atom. The first-order valence-electron chi connectivity index (χ1n) is 18.7. The van der Waals surface area contributed by atoms with Gasteiger partial charge in [-0.3, -0.25) is 0 Å². The number of furan rings is 1. The molecule has 11 rings (SSSR count). The number of para-hydroxylation sites is 1. The lowest BCUT2D eigenvalue weighted by atomic mass is 9.96. The molecule has 3 aromatic heterocycles. The monoisotopic (exact) mass is 733 g/mol. The standard InChI is InChI=1S/C51H31N3OS/c1-4-14-32(15-5-1)33-26-28-36(29-27-33)50-52-49(35-18-8-3-9-19-35)53-51(54-50)43-30-37(31-45-46(43)42-20-10-11-25-44(42)55-45)39-22-13-24-41-40-23-12-21-38(47(40)56-48(39)41)34-16-6-2-7-17-34/h1-31H. The van der Waals surface area contributed by atoms with Crippen molar-refractivity contribution in [2.75, 3.05) is 0 Å². The highest BCUT2D eigenvalue weighted by Gasteiger charge is 2.21. The molecule has 0 N–H and O–H groups in total. The van der Waals surface area contributed by atoms with Crippen LogP contribution in [0.2, 0.25) is 0 Å². The zero-order chi connectivity index (χ0) is 37.0. The molecule has 11 aromatic rings. The zero-order valence-corrected chi connectivity index (χ0v) is 30.9. The molecule has 0 bridgehead atoms. The highest BCUT2D eigenvalue weighted by molar-refractivity contribution is 7.26. The van der Waals surface area contributed by atoms with Gasteiger partial charge in [0.1, 0.15) is 11.2 Å². The van der Waals surface area contributed by atoms with Crippen LogP contribution in [0.1, 0.15) is 0 Å². The van der Waals surface area contributed by atoms with Gasteiger partial charge in [-0.2, -0.15) is 0 Å². The van der Waals surface area contributed by atoms with Gasteiger partial charge in [0.25, 0.3) is 0 Å². The summed E-state index contributed by atoms with van der Waals surface area (Å²) in [6.45, 7) is 0. The normalized spacial score (nSPS) is 11.6. The number of benzene rings is 8. The quantitative estimate of drug-likeness (QED) is 0.171. The van der Waals surface area contributed by atoms with Gasteiger partial charge in [0.15, 0.2) is 17.5 Å². The van der Waals surface area contributed by atoms with Gasteiger partial charge in [-0.25, -0.2) is 15.0 Å². The van der Waals surface area contributed by atoms with Gasteiger partial charge in [0.05, 0.1) is 0 Å². The molecule has 0 aliphatic heterocycles. The summed E-state index contributed by atoms with van der Waals surface area (Å²) in [5, 5.41) is 4.49. The fraction of sp³-hybridized carbons (Fsp3) is 0. The second-order valence-corrected chi connectivity index (χ2v) is 15.0. The first-order chi connectivity index (χ1) is 27.7. The van der Waals surface area contributed by atoms with Crippen LogP contribution >= 0.6 is 11.3 Å². The fourth-order valence-corrected chi connectivity index (χ4v) is 9.23.